The van der Waals surface area contributed by atoms with Crippen molar-refractivity contribution < 1.29 is 26.0 Å². The number of sulfonamides is 1. The second-order valence-corrected chi connectivity index (χ2v) is 7.86. The highest BCUT2D eigenvalue weighted by Crippen LogP contribution is 2.30. The fourth-order valence-corrected chi connectivity index (χ4v) is 4.10. The summed E-state index contributed by atoms with van der Waals surface area (Å²) in [6.45, 7) is -0.251. The van der Waals surface area contributed by atoms with Gasteiger partial charge in [-0.25, -0.2) is 12.8 Å². The number of benzene rings is 3. The highest BCUT2D eigenvalue weighted by Gasteiger charge is 2.30. The number of hydrogen-bond donors (Lipinski definition) is 0. The monoisotopic (exact) mass is 409 g/mol. The van der Waals surface area contributed by atoms with E-state index in [1.54, 1.807) is 18.2 Å². The standard InChI is InChI=1S/C20H15F4NO2S/c21-17-5-4-6-18(13-17)25(28(26,27)19-7-2-1-3-8-19)14-15-9-11-16(12-10-15)20(22,23)24/h1-13H,14H2. The highest BCUT2D eigenvalue weighted by atomic mass is 32.2. The Balaban J connectivity index is 2.02. The van der Waals surface area contributed by atoms with Crippen LogP contribution in [0.1, 0.15) is 11.1 Å². The maximum Gasteiger partial charge on any atom is 0.416 e. The van der Waals surface area contributed by atoms with Crippen molar-refractivity contribution in [2.75, 3.05) is 4.31 Å². The molecular weight excluding hydrogens is 394 g/mol. The molecule has 3 nitrogen and oxygen atoms in total. The normalized spacial score (nSPS) is 12.0. The number of rotatable bonds is 5. The molecular formula is C20H15F4NO2S. The van der Waals surface area contributed by atoms with Gasteiger partial charge in [-0.05, 0) is 48.0 Å². The summed E-state index contributed by atoms with van der Waals surface area (Å²) in [5.41, 5.74) is -0.431. The van der Waals surface area contributed by atoms with Crippen LogP contribution in [-0.2, 0) is 22.7 Å². The first-order valence-corrected chi connectivity index (χ1v) is 9.61. The van der Waals surface area contributed by atoms with Crippen molar-refractivity contribution in [2.45, 2.75) is 17.6 Å². The molecule has 3 aromatic carbocycles. The third-order valence-electron chi connectivity index (χ3n) is 4.03. The van der Waals surface area contributed by atoms with E-state index in [4.69, 9.17) is 0 Å². The van der Waals surface area contributed by atoms with Crippen LogP contribution in [0.2, 0.25) is 0 Å². The zero-order valence-electron chi connectivity index (χ0n) is 14.4. The van der Waals surface area contributed by atoms with E-state index in [2.05, 4.69) is 0 Å². The molecule has 8 heteroatoms. The van der Waals surface area contributed by atoms with Gasteiger partial charge >= 0.3 is 6.18 Å². The SMILES string of the molecule is O=S(=O)(c1ccccc1)N(Cc1ccc(C(F)(F)F)cc1)c1cccc(F)c1. The van der Waals surface area contributed by atoms with Crippen molar-refractivity contribution in [1.29, 1.82) is 0 Å². The van der Waals surface area contributed by atoms with Gasteiger partial charge in [-0.15, -0.1) is 0 Å². The molecule has 0 unspecified atom stereocenters. The molecule has 0 N–H and O–H groups in total. The molecule has 0 fully saturated rings. The third kappa shape index (κ3) is 4.33. The molecule has 0 heterocycles. The topological polar surface area (TPSA) is 37.4 Å². The molecule has 0 radical (unpaired) electrons. The minimum absolute atomic E-state index is 0.00817. The predicted octanol–water partition coefficient (Wildman–Crippen LogP) is 5.24. The fraction of sp³-hybridized carbons (Fsp3) is 0.100. The minimum atomic E-state index is -4.49. The second-order valence-electron chi connectivity index (χ2n) is 6.00. The maximum absolute atomic E-state index is 13.7. The zero-order valence-corrected chi connectivity index (χ0v) is 15.2. The lowest BCUT2D eigenvalue weighted by Gasteiger charge is -2.25. The Kier molecular flexibility index (Phi) is 5.42. The molecule has 0 aromatic heterocycles. The van der Waals surface area contributed by atoms with Crippen molar-refractivity contribution in [3.63, 3.8) is 0 Å². The van der Waals surface area contributed by atoms with Gasteiger partial charge in [0.25, 0.3) is 10.0 Å². The number of nitrogens with zero attached hydrogens (tertiary/aromatic N) is 1. The lowest BCUT2D eigenvalue weighted by molar-refractivity contribution is -0.137. The largest absolute Gasteiger partial charge is 0.416 e. The van der Waals surface area contributed by atoms with Gasteiger partial charge in [-0.1, -0.05) is 36.4 Å². The van der Waals surface area contributed by atoms with Gasteiger partial charge in [0.15, 0.2) is 0 Å². The summed E-state index contributed by atoms with van der Waals surface area (Å²) in [6, 6.07) is 16.7. The van der Waals surface area contributed by atoms with Gasteiger partial charge < -0.3 is 0 Å². The van der Waals surface area contributed by atoms with E-state index < -0.39 is 27.6 Å². The predicted molar refractivity (Wildman–Crippen MR) is 97.7 cm³/mol. The zero-order chi connectivity index (χ0) is 20.4. The molecule has 0 bridgehead atoms. The molecule has 3 aromatic rings. The van der Waals surface area contributed by atoms with E-state index in [-0.39, 0.29) is 17.1 Å². The summed E-state index contributed by atoms with van der Waals surface area (Å²) in [4.78, 5) is -0.00817. The number of anilines is 1. The molecule has 0 saturated heterocycles. The molecule has 0 aliphatic rings. The minimum Gasteiger partial charge on any atom is -0.262 e. The Bertz CT molecular complexity index is 1050. The average molecular weight is 409 g/mol. The van der Waals surface area contributed by atoms with Crippen molar-refractivity contribution >= 4 is 15.7 Å². The summed E-state index contributed by atoms with van der Waals surface area (Å²) in [7, 11) is -4.06. The van der Waals surface area contributed by atoms with Crippen LogP contribution in [0.5, 0.6) is 0 Å². The van der Waals surface area contributed by atoms with Crippen LogP contribution in [-0.4, -0.2) is 8.42 Å². The lowest BCUT2D eigenvalue weighted by Crippen LogP contribution is -2.30. The van der Waals surface area contributed by atoms with Gasteiger partial charge in [-0.2, -0.15) is 13.2 Å². The molecule has 146 valence electrons. The Morgan fingerprint density at radius 3 is 2.04 bits per heavy atom. The summed E-state index contributed by atoms with van der Waals surface area (Å²) in [5, 5.41) is 0. The van der Waals surface area contributed by atoms with Crippen molar-refractivity contribution in [2.24, 2.45) is 0 Å². The Hall–Kier alpha value is -2.87. The van der Waals surface area contributed by atoms with E-state index in [1.165, 1.54) is 42.5 Å². The lowest BCUT2D eigenvalue weighted by atomic mass is 10.1. The van der Waals surface area contributed by atoms with E-state index in [0.717, 1.165) is 22.5 Å². The van der Waals surface area contributed by atoms with Crippen LogP contribution >= 0.6 is 0 Å². The molecule has 0 aliphatic carbocycles. The Morgan fingerprint density at radius 1 is 0.821 bits per heavy atom. The fourth-order valence-electron chi connectivity index (χ4n) is 2.63. The first-order chi connectivity index (χ1) is 13.2. The second kappa shape index (κ2) is 7.63. The van der Waals surface area contributed by atoms with Crippen LogP contribution in [0.4, 0.5) is 23.2 Å². The molecule has 3 rings (SSSR count). The van der Waals surface area contributed by atoms with E-state index in [1.807, 2.05) is 0 Å². The highest BCUT2D eigenvalue weighted by molar-refractivity contribution is 7.92. The van der Waals surface area contributed by atoms with Crippen LogP contribution in [0, 0.1) is 5.82 Å². The molecule has 28 heavy (non-hydrogen) atoms. The summed E-state index contributed by atoms with van der Waals surface area (Å²) < 4.78 is 79.1. The molecule has 0 saturated carbocycles. The number of hydrogen-bond acceptors (Lipinski definition) is 2. The van der Waals surface area contributed by atoms with Crippen LogP contribution in [0.3, 0.4) is 0 Å². The summed E-state index contributed by atoms with van der Waals surface area (Å²) >= 11 is 0. The molecule has 0 spiro atoms. The Labute approximate surface area is 159 Å². The molecule has 0 aliphatic heterocycles. The number of halogens is 4. The first-order valence-electron chi connectivity index (χ1n) is 8.17. The van der Waals surface area contributed by atoms with Gasteiger partial charge in [-0.3, -0.25) is 4.31 Å². The summed E-state index contributed by atoms with van der Waals surface area (Å²) in [6.07, 6.45) is -4.49. The van der Waals surface area contributed by atoms with Crippen molar-refractivity contribution in [3.8, 4) is 0 Å². The van der Waals surface area contributed by atoms with Gasteiger partial charge in [0.1, 0.15) is 5.82 Å². The van der Waals surface area contributed by atoms with Crippen molar-refractivity contribution in [1.82, 2.24) is 0 Å². The molecule has 0 atom stereocenters. The van der Waals surface area contributed by atoms with Crippen LogP contribution in [0.15, 0.2) is 83.8 Å². The quantitative estimate of drug-likeness (QED) is 0.541. The smallest absolute Gasteiger partial charge is 0.262 e. The van der Waals surface area contributed by atoms with Gasteiger partial charge in [0.05, 0.1) is 22.7 Å². The van der Waals surface area contributed by atoms with Crippen LogP contribution < -0.4 is 4.31 Å². The number of alkyl halides is 3. The van der Waals surface area contributed by atoms with Gasteiger partial charge in [0, 0.05) is 0 Å². The molecule has 0 amide bonds. The van der Waals surface area contributed by atoms with Crippen LogP contribution in [0.25, 0.3) is 0 Å². The van der Waals surface area contributed by atoms with E-state index >= 15 is 0 Å². The van der Waals surface area contributed by atoms with Crippen molar-refractivity contribution in [3.05, 3.63) is 95.8 Å². The average Bonchev–Trinajstić information content (AvgIpc) is 2.66. The van der Waals surface area contributed by atoms with E-state index in [0.29, 0.717) is 5.56 Å². The first kappa shape index (κ1) is 19.9. The van der Waals surface area contributed by atoms with E-state index in [9.17, 15) is 26.0 Å². The maximum atomic E-state index is 13.7. The summed E-state index contributed by atoms with van der Waals surface area (Å²) in [5.74, 6) is -0.627. The Morgan fingerprint density at radius 2 is 1.46 bits per heavy atom. The van der Waals surface area contributed by atoms with Gasteiger partial charge in [0.2, 0.25) is 0 Å². The third-order valence-corrected chi connectivity index (χ3v) is 5.82.